The minimum Gasteiger partial charge on any atom is -0.352 e. The van der Waals surface area contributed by atoms with Gasteiger partial charge in [-0.2, -0.15) is 4.68 Å². The van der Waals surface area contributed by atoms with E-state index in [1.54, 1.807) is 4.68 Å². The van der Waals surface area contributed by atoms with Crippen molar-refractivity contribution >= 4 is 17.7 Å². The Kier molecular flexibility index (Phi) is 5.96. The highest BCUT2D eigenvalue weighted by Gasteiger charge is 2.26. The number of nitrogens with one attached hydrogen (secondary N) is 1. The molecule has 0 aliphatic heterocycles. The summed E-state index contributed by atoms with van der Waals surface area (Å²) in [5, 5.41) is 15.7. The second-order valence-corrected chi connectivity index (χ2v) is 8.54. The molecule has 1 aliphatic carbocycles. The lowest BCUT2D eigenvalue weighted by atomic mass is 9.86. The van der Waals surface area contributed by atoms with Gasteiger partial charge in [0.25, 0.3) is 0 Å². The zero-order valence-electron chi connectivity index (χ0n) is 15.9. The van der Waals surface area contributed by atoms with Crippen molar-refractivity contribution in [3.05, 3.63) is 29.3 Å². The summed E-state index contributed by atoms with van der Waals surface area (Å²) in [4.78, 5) is 12.6. The molecule has 1 heterocycles. The summed E-state index contributed by atoms with van der Waals surface area (Å²) >= 11 is 1.40. The number of rotatable bonds is 5. The van der Waals surface area contributed by atoms with E-state index >= 15 is 0 Å². The predicted molar refractivity (Wildman–Crippen MR) is 104 cm³/mol. The van der Waals surface area contributed by atoms with Crippen LogP contribution in [0, 0.1) is 19.8 Å². The Morgan fingerprint density at radius 2 is 2.08 bits per heavy atom. The maximum absolute atomic E-state index is 12.6. The topological polar surface area (TPSA) is 72.7 Å². The lowest BCUT2D eigenvalue weighted by Gasteiger charge is -2.30. The van der Waals surface area contributed by atoms with Gasteiger partial charge in [0.15, 0.2) is 0 Å². The maximum Gasteiger partial charge on any atom is 0.233 e. The van der Waals surface area contributed by atoms with E-state index < -0.39 is 0 Å². The van der Waals surface area contributed by atoms with E-state index in [1.807, 2.05) is 19.1 Å². The number of aromatic nitrogens is 4. The van der Waals surface area contributed by atoms with Crippen molar-refractivity contribution in [1.29, 1.82) is 0 Å². The van der Waals surface area contributed by atoms with Crippen molar-refractivity contribution in [1.82, 2.24) is 25.5 Å². The first-order valence-electron chi connectivity index (χ1n) is 9.29. The number of amides is 1. The van der Waals surface area contributed by atoms with Crippen molar-refractivity contribution in [2.24, 2.45) is 5.92 Å². The highest BCUT2D eigenvalue weighted by Crippen LogP contribution is 2.27. The third-order valence-corrected chi connectivity index (χ3v) is 6.37. The number of benzene rings is 1. The van der Waals surface area contributed by atoms with Gasteiger partial charge < -0.3 is 5.32 Å². The summed E-state index contributed by atoms with van der Waals surface area (Å²) in [5.74, 6) is 0.606. The first-order chi connectivity index (χ1) is 12.5. The third-order valence-electron chi connectivity index (χ3n) is 5.34. The van der Waals surface area contributed by atoms with E-state index in [0.29, 0.717) is 11.1 Å². The molecule has 1 saturated carbocycles. The van der Waals surface area contributed by atoms with Crippen LogP contribution in [0.5, 0.6) is 0 Å². The van der Waals surface area contributed by atoms with Crippen LogP contribution in [0.1, 0.15) is 50.7 Å². The van der Waals surface area contributed by atoms with Crippen molar-refractivity contribution < 1.29 is 4.79 Å². The van der Waals surface area contributed by atoms with E-state index in [-0.39, 0.29) is 17.2 Å². The van der Waals surface area contributed by atoms with E-state index in [9.17, 15) is 4.79 Å². The summed E-state index contributed by atoms with van der Waals surface area (Å²) in [7, 11) is 0. The number of carbonyl (C=O) groups is 1. The average molecular weight is 374 g/mol. The summed E-state index contributed by atoms with van der Waals surface area (Å²) < 4.78 is 1.72. The molecule has 1 N–H and O–H groups in total. The summed E-state index contributed by atoms with van der Waals surface area (Å²) in [6.07, 6.45) is 4.73. The largest absolute Gasteiger partial charge is 0.352 e. The quantitative estimate of drug-likeness (QED) is 0.813. The second-order valence-electron chi connectivity index (χ2n) is 7.23. The molecular formula is C19H27N5OS. The highest BCUT2D eigenvalue weighted by atomic mass is 32.2. The molecule has 6 nitrogen and oxygen atoms in total. The minimum absolute atomic E-state index is 0.0595. The molecule has 0 saturated heterocycles. The number of thioether (sulfide) groups is 1. The maximum atomic E-state index is 12.6. The van der Waals surface area contributed by atoms with Gasteiger partial charge in [0.2, 0.25) is 11.1 Å². The molecular weight excluding hydrogens is 346 g/mol. The Bertz CT molecular complexity index is 775. The zero-order valence-corrected chi connectivity index (χ0v) is 16.7. The van der Waals surface area contributed by atoms with Crippen LogP contribution in [-0.2, 0) is 4.79 Å². The summed E-state index contributed by atoms with van der Waals surface area (Å²) in [5.41, 5.74) is 3.27. The standard InChI is InChI=1S/C19H27N5OS/c1-12-9-7-11-17(14(12)3)24-19(21-22-23-24)26-15(4)18(25)20-16-10-6-5-8-13(16)2/h7,9,11,13,15-16H,5-6,8,10H2,1-4H3,(H,20,25)/t13-,15+,16+/m0/s1. The van der Waals surface area contributed by atoms with Crippen molar-refractivity contribution in [2.45, 2.75) is 69.8 Å². The van der Waals surface area contributed by atoms with E-state index in [1.165, 1.54) is 36.6 Å². The number of hydrogen-bond acceptors (Lipinski definition) is 5. The Hall–Kier alpha value is -1.89. The average Bonchev–Trinajstić information content (AvgIpc) is 3.07. The van der Waals surface area contributed by atoms with Gasteiger partial charge >= 0.3 is 0 Å². The van der Waals surface area contributed by atoms with Gasteiger partial charge in [0.1, 0.15) is 0 Å². The van der Waals surface area contributed by atoms with Gasteiger partial charge in [0, 0.05) is 6.04 Å². The van der Waals surface area contributed by atoms with Gasteiger partial charge in [0.05, 0.1) is 10.9 Å². The molecule has 3 rings (SSSR count). The fourth-order valence-electron chi connectivity index (χ4n) is 3.41. The van der Waals surface area contributed by atoms with E-state index in [0.717, 1.165) is 17.7 Å². The van der Waals surface area contributed by atoms with Gasteiger partial charge in [-0.05, 0) is 67.2 Å². The number of tetrazole rings is 1. The lowest BCUT2D eigenvalue weighted by Crippen LogP contribution is -2.44. The number of hydrogen-bond donors (Lipinski definition) is 1. The predicted octanol–water partition coefficient (Wildman–Crippen LogP) is 3.45. The first kappa shape index (κ1) is 18.9. The normalized spacial score (nSPS) is 21.4. The second kappa shape index (κ2) is 8.20. The fraction of sp³-hybridized carbons (Fsp3) is 0.579. The molecule has 0 spiro atoms. The van der Waals surface area contributed by atoms with Crippen LogP contribution in [0.4, 0.5) is 0 Å². The number of nitrogens with zero attached hydrogens (tertiary/aromatic N) is 4. The van der Waals surface area contributed by atoms with E-state index in [4.69, 9.17) is 0 Å². The molecule has 1 aliphatic rings. The molecule has 1 aromatic carbocycles. The number of aryl methyl sites for hydroxylation is 1. The van der Waals surface area contributed by atoms with Crippen molar-refractivity contribution in [3.8, 4) is 5.69 Å². The first-order valence-corrected chi connectivity index (χ1v) is 10.2. The SMILES string of the molecule is Cc1cccc(-n2nnnc2S[C@H](C)C(=O)N[C@@H]2CCCC[C@@H]2C)c1C. The van der Waals surface area contributed by atoms with Crippen LogP contribution in [0.2, 0.25) is 0 Å². The molecule has 1 fully saturated rings. The molecule has 140 valence electrons. The molecule has 7 heteroatoms. The van der Waals surface area contributed by atoms with Gasteiger partial charge in [-0.3, -0.25) is 4.79 Å². The van der Waals surface area contributed by atoms with Gasteiger partial charge in [-0.15, -0.1) is 5.10 Å². The Balaban J connectivity index is 1.70. The molecule has 0 bridgehead atoms. The van der Waals surface area contributed by atoms with Crippen LogP contribution in [0.25, 0.3) is 5.69 Å². The van der Waals surface area contributed by atoms with Crippen molar-refractivity contribution in [3.63, 3.8) is 0 Å². The fourth-order valence-corrected chi connectivity index (χ4v) is 4.22. The zero-order chi connectivity index (χ0) is 18.7. The monoisotopic (exact) mass is 373 g/mol. The number of carbonyl (C=O) groups excluding carboxylic acids is 1. The van der Waals surface area contributed by atoms with Crippen LogP contribution in [0.3, 0.4) is 0 Å². The highest BCUT2D eigenvalue weighted by molar-refractivity contribution is 8.00. The molecule has 0 unspecified atom stereocenters. The summed E-state index contributed by atoms with van der Waals surface area (Å²) in [6.45, 7) is 8.26. The molecule has 26 heavy (non-hydrogen) atoms. The Morgan fingerprint density at radius 1 is 1.31 bits per heavy atom. The van der Waals surface area contributed by atoms with Crippen LogP contribution < -0.4 is 5.32 Å². The smallest absolute Gasteiger partial charge is 0.233 e. The lowest BCUT2D eigenvalue weighted by molar-refractivity contribution is -0.121. The van der Waals surface area contributed by atoms with Crippen LogP contribution in [0.15, 0.2) is 23.4 Å². The molecule has 2 aromatic rings. The Labute approximate surface area is 159 Å². The summed E-state index contributed by atoms with van der Waals surface area (Å²) in [6, 6.07) is 6.34. The molecule has 0 radical (unpaired) electrons. The van der Waals surface area contributed by atoms with Crippen LogP contribution >= 0.6 is 11.8 Å². The minimum atomic E-state index is -0.251. The Morgan fingerprint density at radius 3 is 2.85 bits per heavy atom. The van der Waals surface area contributed by atoms with E-state index in [2.05, 4.69) is 47.7 Å². The van der Waals surface area contributed by atoms with Crippen molar-refractivity contribution in [2.75, 3.05) is 0 Å². The third kappa shape index (κ3) is 4.09. The molecule has 1 amide bonds. The van der Waals surface area contributed by atoms with Gasteiger partial charge in [-0.1, -0.05) is 43.7 Å². The molecule has 3 atom stereocenters. The van der Waals surface area contributed by atoms with Crippen LogP contribution in [-0.4, -0.2) is 37.4 Å². The molecule has 1 aromatic heterocycles. The van der Waals surface area contributed by atoms with Gasteiger partial charge in [-0.25, -0.2) is 0 Å².